The van der Waals surface area contributed by atoms with Crippen molar-refractivity contribution >= 4 is 17.7 Å². The highest BCUT2D eigenvalue weighted by atomic mass is 35.5. The second-order valence-electron chi connectivity index (χ2n) is 5.64. The summed E-state index contributed by atoms with van der Waals surface area (Å²) in [5.74, 6) is 0. The van der Waals surface area contributed by atoms with Crippen molar-refractivity contribution in [1.29, 1.82) is 0 Å². The standard InChI is InChI=1S/C15H23ClN2O2/c1-15(2,3)20-14(19)18(9-8-17-4)11-12-6-5-7-13(16)10-12/h5-7,10,17H,8-9,11H2,1-4H3. The van der Waals surface area contributed by atoms with E-state index in [1.54, 1.807) is 4.90 Å². The smallest absolute Gasteiger partial charge is 0.410 e. The van der Waals surface area contributed by atoms with Crippen LogP contribution in [0, 0.1) is 0 Å². The highest BCUT2D eigenvalue weighted by Gasteiger charge is 2.21. The number of rotatable bonds is 5. The molecule has 112 valence electrons. The maximum atomic E-state index is 12.2. The highest BCUT2D eigenvalue weighted by molar-refractivity contribution is 6.30. The van der Waals surface area contributed by atoms with E-state index in [-0.39, 0.29) is 6.09 Å². The van der Waals surface area contributed by atoms with Gasteiger partial charge in [-0.05, 0) is 45.5 Å². The van der Waals surface area contributed by atoms with Gasteiger partial charge < -0.3 is 15.0 Å². The zero-order valence-corrected chi connectivity index (χ0v) is 13.3. The summed E-state index contributed by atoms with van der Waals surface area (Å²) in [7, 11) is 1.85. The van der Waals surface area contributed by atoms with Crippen molar-refractivity contribution in [3.8, 4) is 0 Å². The molecular weight excluding hydrogens is 276 g/mol. The number of benzene rings is 1. The Morgan fingerprint density at radius 1 is 1.40 bits per heavy atom. The van der Waals surface area contributed by atoms with Crippen LogP contribution < -0.4 is 5.32 Å². The first-order valence-electron chi connectivity index (χ1n) is 6.69. The van der Waals surface area contributed by atoms with Gasteiger partial charge in [-0.1, -0.05) is 23.7 Å². The fourth-order valence-electron chi connectivity index (χ4n) is 1.66. The summed E-state index contributed by atoms with van der Waals surface area (Å²) >= 11 is 5.97. The molecule has 0 heterocycles. The van der Waals surface area contributed by atoms with Crippen molar-refractivity contribution in [1.82, 2.24) is 10.2 Å². The lowest BCUT2D eigenvalue weighted by atomic mass is 10.2. The minimum atomic E-state index is -0.497. The Hall–Kier alpha value is -1.26. The van der Waals surface area contributed by atoms with Crippen LogP contribution in [0.15, 0.2) is 24.3 Å². The molecule has 1 aromatic carbocycles. The van der Waals surface area contributed by atoms with Gasteiger partial charge in [0.2, 0.25) is 0 Å². The lowest BCUT2D eigenvalue weighted by molar-refractivity contribution is 0.0236. The number of hydrogen-bond donors (Lipinski definition) is 1. The highest BCUT2D eigenvalue weighted by Crippen LogP contribution is 2.15. The molecule has 0 bridgehead atoms. The van der Waals surface area contributed by atoms with E-state index in [1.165, 1.54) is 0 Å². The molecule has 1 rings (SSSR count). The van der Waals surface area contributed by atoms with E-state index in [0.717, 1.165) is 5.56 Å². The molecule has 5 heteroatoms. The van der Waals surface area contributed by atoms with Crippen molar-refractivity contribution in [3.05, 3.63) is 34.9 Å². The van der Waals surface area contributed by atoms with E-state index < -0.39 is 5.60 Å². The van der Waals surface area contributed by atoms with Gasteiger partial charge in [-0.25, -0.2) is 4.79 Å². The fraction of sp³-hybridized carbons (Fsp3) is 0.533. The molecule has 4 nitrogen and oxygen atoms in total. The van der Waals surface area contributed by atoms with E-state index in [4.69, 9.17) is 16.3 Å². The van der Waals surface area contributed by atoms with Crippen LogP contribution in [0.25, 0.3) is 0 Å². The molecule has 1 N–H and O–H groups in total. The van der Waals surface area contributed by atoms with Crippen LogP contribution in [-0.2, 0) is 11.3 Å². The Balaban J connectivity index is 2.75. The zero-order valence-electron chi connectivity index (χ0n) is 12.6. The van der Waals surface area contributed by atoms with E-state index >= 15 is 0 Å². The van der Waals surface area contributed by atoms with Crippen LogP contribution >= 0.6 is 11.6 Å². The molecule has 1 aromatic rings. The largest absolute Gasteiger partial charge is 0.444 e. The van der Waals surface area contributed by atoms with Crippen LogP contribution in [0.3, 0.4) is 0 Å². The number of nitrogens with one attached hydrogen (secondary N) is 1. The summed E-state index contributed by atoms with van der Waals surface area (Å²) in [6.45, 7) is 7.36. The van der Waals surface area contributed by atoms with Gasteiger partial charge in [-0.3, -0.25) is 0 Å². The molecule has 0 unspecified atom stereocenters. The van der Waals surface area contributed by atoms with Gasteiger partial charge in [0, 0.05) is 24.7 Å². The van der Waals surface area contributed by atoms with Crippen molar-refractivity contribution in [2.75, 3.05) is 20.1 Å². The molecule has 0 saturated heterocycles. The van der Waals surface area contributed by atoms with Crippen molar-refractivity contribution < 1.29 is 9.53 Å². The Bertz CT molecular complexity index is 444. The third-order valence-corrected chi connectivity index (χ3v) is 2.78. The van der Waals surface area contributed by atoms with Gasteiger partial charge in [0.1, 0.15) is 5.60 Å². The molecule has 0 atom stereocenters. The van der Waals surface area contributed by atoms with Gasteiger partial charge in [0.25, 0.3) is 0 Å². The van der Waals surface area contributed by atoms with Crippen LogP contribution in [0.5, 0.6) is 0 Å². The molecule has 0 aliphatic rings. The molecule has 0 spiro atoms. The number of ether oxygens (including phenoxy) is 1. The minimum Gasteiger partial charge on any atom is -0.444 e. The molecule has 0 aromatic heterocycles. The van der Waals surface area contributed by atoms with Crippen LogP contribution in [-0.4, -0.2) is 36.7 Å². The van der Waals surface area contributed by atoms with Crippen molar-refractivity contribution in [3.63, 3.8) is 0 Å². The first-order valence-corrected chi connectivity index (χ1v) is 7.06. The molecular formula is C15H23ClN2O2. The SMILES string of the molecule is CNCCN(Cc1cccc(Cl)c1)C(=O)OC(C)(C)C. The molecule has 0 fully saturated rings. The van der Waals surface area contributed by atoms with Gasteiger partial charge in [-0.15, -0.1) is 0 Å². The Morgan fingerprint density at radius 3 is 2.65 bits per heavy atom. The first-order chi connectivity index (χ1) is 9.31. The number of halogens is 1. The Labute approximate surface area is 126 Å². The van der Waals surface area contributed by atoms with Crippen LogP contribution in [0.4, 0.5) is 4.79 Å². The second-order valence-corrected chi connectivity index (χ2v) is 6.07. The summed E-state index contributed by atoms with van der Waals surface area (Å²) in [6, 6.07) is 7.50. The molecule has 0 saturated carbocycles. The normalized spacial score (nSPS) is 11.2. The summed E-state index contributed by atoms with van der Waals surface area (Å²) in [4.78, 5) is 13.9. The van der Waals surface area contributed by atoms with E-state index in [1.807, 2.05) is 52.1 Å². The van der Waals surface area contributed by atoms with Gasteiger partial charge >= 0.3 is 6.09 Å². The third kappa shape index (κ3) is 6.26. The van der Waals surface area contributed by atoms with Crippen molar-refractivity contribution in [2.45, 2.75) is 32.9 Å². The minimum absolute atomic E-state index is 0.312. The lowest BCUT2D eigenvalue weighted by Crippen LogP contribution is -2.39. The Morgan fingerprint density at radius 2 is 2.10 bits per heavy atom. The van der Waals surface area contributed by atoms with Crippen LogP contribution in [0.2, 0.25) is 5.02 Å². The number of carbonyl (C=O) groups excluding carboxylic acids is 1. The van der Waals surface area contributed by atoms with E-state index in [2.05, 4.69) is 5.32 Å². The summed E-state index contributed by atoms with van der Waals surface area (Å²) in [6.07, 6.45) is -0.312. The second kappa shape index (κ2) is 7.50. The predicted molar refractivity (Wildman–Crippen MR) is 82.0 cm³/mol. The average molecular weight is 299 g/mol. The zero-order chi connectivity index (χ0) is 15.2. The third-order valence-electron chi connectivity index (χ3n) is 2.55. The monoisotopic (exact) mass is 298 g/mol. The van der Waals surface area contributed by atoms with Gasteiger partial charge in [0.05, 0.1) is 0 Å². The fourth-order valence-corrected chi connectivity index (χ4v) is 1.88. The topological polar surface area (TPSA) is 41.6 Å². The molecule has 20 heavy (non-hydrogen) atoms. The Kier molecular flexibility index (Phi) is 6.30. The number of hydrogen-bond acceptors (Lipinski definition) is 3. The summed E-state index contributed by atoms with van der Waals surface area (Å²) < 4.78 is 5.43. The molecule has 0 aliphatic carbocycles. The van der Waals surface area contributed by atoms with Gasteiger partial charge in [0.15, 0.2) is 0 Å². The van der Waals surface area contributed by atoms with Gasteiger partial charge in [-0.2, -0.15) is 0 Å². The van der Waals surface area contributed by atoms with Crippen molar-refractivity contribution in [2.24, 2.45) is 0 Å². The summed E-state index contributed by atoms with van der Waals surface area (Å²) in [5, 5.41) is 3.70. The first kappa shape index (κ1) is 16.8. The number of amides is 1. The average Bonchev–Trinajstić information content (AvgIpc) is 2.32. The van der Waals surface area contributed by atoms with E-state index in [9.17, 15) is 4.79 Å². The van der Waals surface area contributed by atoms with E-state index in [0.29, 0.717) is 24.7 Å². The molecule has 0 aliphatic heterocycles. The lowest BCUT2D eigenvalue weighted by Gasteiger charge is -2.27. The number of carbonyl (C=O) groups is 1. The predicted octanol–water partition coefficient (Wildman–Crippen LogP) is 3.30. The summed E-state index contributed by atoms with van der Waals surface area (Å²) in [5.41, 5.74) is 0.489. The number of nitrogens with zero attached hydrogens (tertiary/aromatic N) is 1. The maximum absolute atomic E-state index is 12.2. The molecule has 0 radical (unpaired) electrons. The van der Waals surface area contributed by atoms with Crippen LogP contribution in [0.1, 0.15) is 26.3 Å². The number of likely N-dealkylation sites (N-methyl/N-ethyl adjacent to an activating group) is 1. The molecule has 1 amide bonds. The quantitative estimate of drug-likeness (QED) is 0.907. The maximum Gasteiger partial charge on any atom is 0.410 e.